The van der Waals surface area contributed by atoms with Gasteiger partial charge in [-0.15, -0.1) is 0 Å². The Hall–Kier alpha value is -3.28. The fraction of sp³-hybridized carbons (Fsp3) is 0.407. The van der Waals surface area contributed by atoms with Crippen LogP contribution in [0.25, 0.3) is 5.76 Å². The van der Waals surface area contributed by atoms with Crippen LogP contribution in [-0.2, 0) is 15.0 Å². The van der Waals surface area contributed by atoms with Crippen LogP contribution in [0.3, 0.4) is 0 Å². The number of hydrogen-bond donors (Lipinski definition) is 1. The van der Waals surface area contributed by atoms with Crippen molar-refractivity contribution in [2.45, 2.75) is 52.0 Å². The van der Waals surface area contributed by atoms with E-state index in [1.54, 1.807) is 37.3 Å². The van der Waals surface area contributed by atoms with Crippen LogP contribution in [0.15, 0.2) is 48.0 Å². The second kappa shape index (κ2) is 9.69. The molecule has 6 nitrogen and oxygen atoms in total. The number of hydrogen-bond acceptors (Lipinski definition) is 5. The van der Waals surface area contributed by atoms with Crippen molar-refractivity contribution in [3.8, 4) is 11.5 Å². The Kier molecular flexibility index (Phi) is 7.15. The zero-order chi connectivity index (χ0) is 24.3. The van der Waals surface area contributed by atoms with Gasteiger partial charge in [-0.3, -0.25) is 9.59 Å². The van der Waals surface area contributed by atoms with E-state index in [4.69, 9.17) is 9.47 Å². The van der Waals surface area contributed by atoms with Crippen LogP contribution in [-0.4, -0.2) is 42.5 Å². The molecule has 1 atom stereocenters. The number of rotatable bonds is 7. The SMILES string of the molecule is CCCCN1C(=O)C(=O)/C(=C(/O)c2ccc(OC)c(C(C)(C)C)c2)C1c1ccccc1OC. The van der Waals surface area contributed by atoms with Gasteiger partial charge in [0.1, 0.15) is 17.3 Å². The largest absolute Gasteiger partial charge is 0.507 e. The van der Waals surface area contributed by atoms with Crippen LogP contribution >= 0.6 is 0 Å². The molecule has 1 unspecified atom stereocenters. The molecule has 2 aromatic rings. The molecule has 3 rings (SSSR count). The summed E-state index contributed by atoms with van der Waals surface area (Å²) >= 11 is 0. The average molecular weight is 452 g/mol. The first-order valence-electron chi connectivity index (χ1n) is 11.3. The molecule has 176 valence electrons. The minimum absolute atomic E-state index is 0.0747. The van der Waals surface area contributed by atoms with Crippen molar-refractivity contribution in [2.75, 3.05) is 20.8 Å². The molecule has 1 amide bonds. The molecule has 0 spiro atoms. The summed E-state index contributed by atoms with van der Waals surface area (Å²) in [6.07, 6.45) is 1.62. The first kappa shape index (κ1) is 24.4. The van der Waals surface area contributed by atoms with Gasteiger partial charge in [0.15, 0.2) is 0 Å². The number of carbonyl (C=O) groups excluding carboxylic acids is 2. The van der Waals surface area contributed by atoms with Gasteiger partial charge in [0.2, 0.25) is 0 Å². The lowest BCUT2D eigenvalue weighted by atomic mass is 9.84. The molecule has 0 radical (unpaired) electrons. The molecule has 0 bridgehead atoms. The third kappa shape index (κ3) is 4.61. The van der Waals surface area contributed by atoms with Crippen LogP contribution in [0, 0.1) is 0 Å². The first-order valence-corrected chi connectivity index (χ1v) is 11.3. The van der Waals surface area contributed by atoms with Crippen LogP contribution < -0.4 is 9.47 Å². The standard InChI is InChI=1S/C27H33NO5/c1-7-8-15-28-23(18-11-9-10-12-20(18)32-5)22(25(30)26(28)31)24(29)17-13-14-21(33-6)19(16-17)27(2,3)4/h9-14,16,23,29H,7-8,15H2,1-6H3/b24-22+. The fourth-order valence-corrected chi connectivity index (χ4v) is 4.25. The van der Waals surface area contributed by atoms with E-state index >= 15 is 0 Å². The number of ketones is 1. The number of carbonyl (C=O) groups is 2. The Balaban J connectivity index is 2.25. The third-order valence-corrected chi connectivity index (χ3v) is 6.01. The maximum Gasteiger partial charge on any atom is 0.295 e. The maximum atomic E-state index is 13.2. The Morgan fingerprint density at radius 1 is 1.03 bits per heavy atom. The average Bonchev–Trinajstić information content (AvgIpc) is 3.05. The van der Waals surface area contributed by atoms with Crippen molar-refractivity contribution >= 4 is 17.4 Å². The second-order valence-corrected chi connectivity index (χ2v) is 9.25. The zero-order valence-corrected chi connectivity index (χ0v) is 20.3. The molecule has 1 aliphatic heterocycles. The molecule has 0 aliphatic carbocycles. The molecule has 6 heteroatoms. The predicted octanol–water partition coefficient (Wildman–Crippen LogP) is 5.22. The van der Waals surface area contributed by atoms with Crippen molar-refractivity contribution in [1.29, 1.82) is 0 Å². The number of amides is 1. The number of unbranched alkanes of at least 4 members (excludes halogenated alkanes) is 1. The van der Waals surface area contributed by atoms with E-state index in [1.807, 2.05) is 52.0 Å². The van der Waals surface area contributed by atoms with Gasteiger partial charge in [-0.2, -0.15) is 0 Å². The summed E-state index contributed by atoms with van der Waals surface area (Å²) in [6, 6.07) is 11.9. The molecular weight excluding hydrogens is 418 g/mol. The van der Waals surface area contributed by atoms with Crippen LogP contribution in [0.5, 0.6) is 11.5 Å². The number of benzene rings is 2. The number of methoxy groups -OCH3 is 2. The summed E-state index contributed by atoms with van der Waals surface area (Å²) < 4.78 is 11.0. The van der Waals surface area contributed by atoms with Crippen molar-refractivity contribution in [2.24, 2.45) is 0 Å². The molecule has 1 heterocycles. The van der Waals surface area contributed by atoms with Gasteiger partial charge in [-0.1, -0.05) is 52.3 Å². The highest BCUT2D eigenvalue weighted by atomic mass is 16.5. The van der Waals surface area contributed by atoms with Gasteiger partial charge in [0.25, 0.3) is 11.7 Å². The Bertz CT molecular complexity index is 1080. The number of Topliss-reactive ketones (excluding diaryl/α,β-unsaturated/α-hetero) is 1. The van der Waals surface area contributed by atoms with Crippen molar-refractivity contribution in [1.82, 2.24) is 4.90 Å². The predicted molar refractivity (Wildman–Crippen MR) is 129 cm³/mol. The van der Waals surface area contributed by atoms with E-state index in [-0.39, 0.29) is 16.7 Å². The van der Waals surface area contributed by atoms with Gasteiger partial charge in [-0.05, 0) is 36.1 Å². The summed E-state index contributed by atoms with van der Waals surface area (Å²) in [7, 11) is 3.15. The minimum atomic E-state index is -0.729. The Morgan fingerprint density at radius 3 is 2.30 bits per heavy atom. The summed E-state index contributed by atoms with van der Waals surface area (Å²) in [4.78, 5) is 27.8. The molecule has 1 aliphatic rings. The summed E-state index contributed by atoms with van der Waals surface area (Å²) in [5, 5.41) is 11.4. The van der Waals surface area contributed by atoms with Crippen LogP contribution in [0.4, 0.5) is 0 Å². The molecule has 2 aromatic carbocycles. The molecule has 1 fully saturated rings. The Labute approximate surface area is 195 Å². The highest BCUT2D eigenvalue weighted by Gasteiger charge is 2.46. The molecule has 1 saturated heterocycles. The van der Waals surface area contributed by atoms with E-state index in [2.05, 4.69) is 0 Å². The second-order valence-electron chi connectivity index (χ2n) is 9.25. The maximum absolute atomic E-state index is 13.2. The van der Waals surface area contributed by atoms with E-state index in [0.717, 1.165) is 18.4 Å². The lowest BCUT2D eigenvalue weighted by Gasteiger charge is -2.27. The highest BCUT2D eigenvalue weighted by molar-refractivity contribution is 6.46. The lowest BCUT2D eigenvalue weighted by molar-refractivity contribution is -0.139. The van der Waals surface area contributed by atoms with E-state index in [9.17, 15) is 14.7 Å². The molecule has 0 saturated carbocycles. The summed E-state index contributed by atoms with van der Waals surface area (Å²) in [5.74, 6) is -0.236. The summed E-state index contributed by atoms with van der Waals surface area (Å²) in [5.41, 5.74) is 1.85. The van der Waals surface area contributed by atoms with Crippen LogP contribution in [0.1, 0.15) is 63.3 Å². The fourth-order valence-electron chi connectivity index (χ4n) is 4.25. The number of ether oxygens (including phenoxy) is 2. The zero-order valence-electron chi connectivity index (χ0n) is 20.3. The van der Waals surface area contributed by atoms with E-state index < -0.39 is 17.7 Å². The molecule has 0 aromatic heterocycles. The number of nitrogens with zero attached hydrogens (tertiary/aromatic N) is 1. The third-order valence-electron chi connectivity index (χ3n) is 6.01. The van der Waals surface area contributed by atoms with Gasteiger partial charge in [0.05, 0.1) is 25.8 Å². The van der Waals surface area contributed by atoms with Gasteiger partial charge < -0.3 is 19.5 Å². The first-order chi connectivity index (χ1) is 15.6. The normalized spacial score (nSPS) is 18.0. The number of aliphatic hydroxyl groups excluding tert-OH is 1. The highest BCUT2D eigenvalue weighted by Crippen LogP contribution is 2.43. The van der Waals surface area contributed by atoms with Crippen molar-refractivity contribution in [3.05, 3.63) is 64.7 Å². The molecule has 33 heavy (non-hydrogen) atoms. The Morgan fingerprint density at radius 2 is 1.70 bits per heavy atom. The van der Waals surface area contributed by atoms with Gasteiger partial charge >= 0.3 is 0 Å². The number of aliphatic hydroxyl groups is 1. The van der Waals surface area contributed by atoms with Crippen molar-refractivity contribution < 1.29 is 24.2 Å². The quantitative estimate of drug-likeness (QED) is 0.355. The van der Waals surface area contributed by atoms with Gasteiger partial charge in [-0.25, -0.2) is 0 Å². The van der Waals surface area contributed by atoms with Gasteiger partial charge in [0, 0.05) is 23.2 Å². The monoisotopic (exact) mass is 451 g/mol. The summed E-state index contributed by atoms with van der Waals surface area (Å²) in [6.45, 7) is 8.59. The minimum Gasteiger partial charge on any atom is -0.507 e. The number of likely N-dealkylation sites (tertiary alicyclic amines) is 1. The molecule has 1 N–H and O–H groups in total. The van der Waals surface area contributed by atoms with Crippen LogP contribution in [0.2, 0.25) is 0 Å². The van der Waals surface area contributed by atoms with E-state index in [0.29, 0.717) is 29.2 Å². The topological polar surface area (TPSA) is 76.1 Å². The molecular formula is C27H33NO5. The number of para-hydroxylation sites is 1. The van der Waals surface area contributed by atoms with E-state index in [1.165, 1.54) is 0 Å². The smallest absolute Gasteiger partial charge is 0.295 e. The van der Waals surface area contributed by atoms with Crippen molar-refractivity contribution in [3.63, 3.8) is 0 Å². The lowest BCUT2D eigenvalue weighted by Crippen LogP contribution is -2.30.